The Hall–Kier alpha value is -1.42. The van der Waals surface area contributed by atoms with Crippen LogP contribution in [0.4, 0.5) is 0 Å². The fourth-order valence-corrected chi connectivity index (χ4v) is 3.79. The normalized spacial score (nSPS) is 20.7. The number of hydrogen-bond acceptors (Lipinski definition) is 2. The smallest absolute Gasteiger partial charge is 0.235 e. The van der Waals surface area contributed by atoms with Crippen LogP contribution in [0, 0.1) is 5.41 Å². The van der Waals surface area contributed by atoms with Crippen LogP contribution in [-0.2, 0) is 9.59 Å². The molecule has 1 saturated carbocycles. The molecule has 3 rings (SSSR count). The molecule has 4 heteroatoms. The van der Waals surface area contributed by atoms with Crippen molar-refractivity contribution in [3.8, 4) is 0 Å². The number of likely N-dealkylation sites (tertiary alicyclic amines) is 1. The van der Waals surface area contributed by atoms with Crippen LogP contribution in [0.2, 0.25) is 0 Å². The Labute approximate surface area is 139 Å². The van der Waals surface area contributed by atoms with Crippen molar-refractivity contribution >= 4 is 33.8 Å². The van der Waals surface area contributed by atoms with E-state index in [1.165, 1.54) is 4.90 Å². The van der Waals surface area contributed by atoms with Gasteiger partial charge in [-0.25, -0.2) is 0 Å². The summed E-state index contributed by atoms with van der Waals surface area (Å²) in [5.74, 6) is 0.0935. The van der Waals surface area contributed by atoms with E-state index in [9.17, 15) is 9.59 Å². The van der Waals surface area contributed by atoms with Crippen LogP contribution in [0.1, 0.15) is 44.1 Å². The molecule has 1 aliphatic heterocycles. The Kier molecular flexibility index (Phi) is 4.48. The van der Waals surface area contributed by atoms with Gasteiger partial charge < -0.3 is 0 Å². The van der Waals surface area contributed by atoms with E-state index < -0.39 is 0 Å². The van der Waals surface area contributed by atoms with Crippen molar-refractivity contribution in [1.29, 1.82) is 0 Å². The summed E-state index contributed by atoms with van der Waals surface area (Å²) in [5, 5.41) is 0. The first kappa shape index (κ1) is 15.5. The fourth-order valence-electron chi connectivity index (χ4n) is 3.53. The molecule has 0 bridgehead atoms. The van der Waals surface area contributed by atoms with E-state index in [1.807, 2.05) is 36.4 Å². The van der Waals surface area contributed by atoms with Gasteiger partial charge in [-0.15, -0.1) is 0 Å². The summed E-state index contributed by atoms with van der Waals surface area (Å²) in [6.45, 7) is 0.506. The number of rotatable bonds is 4. The molecule has 2 fully saturated rings. The summed E-state index contributed by atoms with van der Waals surface area (Å²) < 4.78 is 1.06. The first-order valence-corrected chi connectivity index (χ1v) is 8.67. The van der Waals surface area contributed by atoms with E-state index in [4.69, 9.17) is 0 Å². The number of amides is 2. The van der Waals surface area contributed by atoms with E-state index in [0.29, 0.717) is 19.4 Å². The molecule has 1 saturated heterocycles. The topological polar surface area (TPSA) is 37.4 Å². The Morgan fingerprint density at radius 3 is 2.50 bits per heavy atom. The van der Waals surface area contributed by atoms with E-state index in [-0.39, 0.29) is 17.2 Å². The van der Waals surface area contributed by atoms with Gasteiger partial charge in [0.25, 0.3) is 0 Å². The molecule has 1 aromatic carbocycles. The molecule has 22 heavy (non-hydrogen) atoms. The van der Waals surface area contributed by atoms with Crippen LogP contribution >= 0.6 is 15.9 Å². The number of carbonyl (C=O) groups excluding carboxylic acids is 2. The molecular formula is C18H20BrNO2. The minimum absolute atomic E-state index is 0.0175. The van der Waals surface area contributed by atoms with Gasteiger partial charge in [0.1, 0.15) is 0 Å². The van der Waals surface area contributed by atoms with Crippen LogP contribution in [-0.4, -0.2) is 23.3 Å². The monoisotopic (exact) mass is 361 g/mol. The van der Waals surface area contributed by atoms with Crippen LogP contribution in [0.3, 0.4) is 0 Å². The second-order valence-electron chi connectivity index (χ2n) is 6.26. The highest BCUT2D eigenvalue weighted by molar-refractivity contribution is 9.10. The van der Waals surface area contributed by atoms with Gasteiger partial charge in [-0.3, -0.25) is 14.5 Å². The lowest BCUT2D eigenvalue weighted by molar-refractivity contribution is -0.141. The van der Waals surface area contributed by atoms with Crippen molar-refractivity contribution < 1.29 is 9.59 Å². The molecule has 0 unspecified atom stereocenters. The van der Waals surface area contributed by atoms with Crippen molar-refractivity contribution in [2.45, 2.75) is 38.5 Å². The largest absolute Gasteiger partial charge is 0.282 e. The van der Waals surface area contributed by atoms with Crippen molar-refractivity contribution in [3.63, 3.8) is 0 Å². The Balaban J connectivity index is 1.56. The molecule has 2 aliphatic rings. The van der Waals surface area contributed by atoms with Crippen LogP contribution < -0.4 is 0 Å². The van der Waals surface area contributed by atoms with Crippen molar-refractivity contribution in [2.75, 3.05) is 6.54 Å². The van der Waals surface area contributed by atoms with Crippen LogP contribution in [0.25, 0.3) is 6.08 Å². The standard InChI is InChI=1S/C18H20BrNO2/c19-15-8-6-14(7-9-15)5-1-4-12-20-16(21)13-18(17(20)22)10-2-3-11-18/h1,5-9H,2-4,10-13H2/b5-1+. The number of hydrogen-bond donors (Lipinski definition) is 0. The summed E-state index contributed by atoms with van der Waals surface area (Å²) in [7, 11) is 0. The molecule has 0 atom stereocenters. The third kappa shape index (κ3) is 3.02. The van der Waals surface area contributed by atoms with Gasteiger partial charge in [0.15, 0.2) is 0 Å². The Morgan fingerprint density at radius 2 is 1.82 bits per heavy atom. The van der Waals surface area contributed by atoms with Crippen molar-refractivity contribution in [3.05, 3.63) is 40.4 Å². The summed E-state index contributed by atoms with van der Waals surface area (Å²) in [6, 6.07) is 8.05. The molecular weight excluding hydrogens is 342 g/mol. The minimum Gasteiger partial charge on any atom is -0.282 e. The van der Waals surface area contributed by atoms with E-state index in [2.05, 4.69) is 15.9 Å². The quantitative estimate of drug-likeness (QED) is 0.754. The molecule has 116 valence electrons. The van der Waals surface area contributed by atoms with E-state index >= 15 is 0 Å². The molecule has 0 N–H and O–H groups in total. The average molecular weight is 362 g/mol. The van der Waals surface area contributed by atoms with E-state index in [1.54, 1.807) is 0 Å². The van der Waals surface area contributed by atoms with Gasteiger partial charge in [-0.05, 0) is 37.0 Å². The van der Waals surface area contributed by atoms with Crippen LogP contribution in [0.15, 0.2) is 34.8 Å². The lowest BCUT2D eigenvalue weighted by atomic mass is 9.84. The first-order valence-electron chi connectivity index (χ1n) is 7.88. The lowest BCUT2D eigenvalue weighted by Crippen LogP contribution is -2.34. The molecule has 1 spiro atoms. The Morgan fingerprint density at radius 1 is 1.14 bits per heavy atom. The summed E-state index contributed by atoms with van der Waals surface area (Å²) in [4.78, 5) is 26.1. The summed E-state index contributed by atoms with van der Waals surface area (Å²) in [5.41, 5.74) is 0.779. The van der Waals surface area contributed by atoms with E-state index in [0.717, 1.165) is 35.7 Å². The number of nitrogens with zero attached hydrogens (tertiary/aromatic N) is 1. The molecule has 1 heterocycles. The molecule has 0 aromatic heterocycles. The highest BCUT2D eigenvalue weighted by Gasteiger charge is 2.52. The maximum absolute atomic E-state index is 12.5. The zero-order chi connectivity index (χ0) is 15.6. The maximum atomic E-state index is 12.5. The van der Waals surface area contributed by atoms with Crippen molar-refractivity contribution in [1.82, 2.24) is 4.90 Å². The zero-order valence-electron chi connectivity index (χ0n) is 12.6. The number of carbonyl (C=O) groups is 2. The predicted molar refractivity (Wildman–Crippen MR) is 90.0 cm³/mol. The average Bonchev–Trinajstić information content (AvgIpc) is 3.06. The molecule has 1 aliphatic carbocycles. The first-order chi connectivity index (χ1) is 10.6. The molecule has 3 nitrogen and oxygen atoms in total. The van der Waals surface area contributed by atoms with Gasteiger partial charge in [0.2, 0.25) is 11.8 Å². The fraction of sp³-hybridized carbons (Fsp3) is 0.444. The SMILES string of the molecule is O=C1CC2(CCCC2)C(=O)N1CC/C=C/c1ccc(Br)cc1. The maximum Gasteiger partial charge on any atom is 0.235 e. The van der Waals surface area contributed by atoms with Gasteiger partial charge >= 0.3 is 0 Å². The lowest BCUT2D eigenvalue weighted by Gasteiger charge is -2.20. The van der Waals surface area contributed by atoms with Gasteiger partial charge in [0, 0.05) is 17.4 Å². The number of benzene rings is 1. The molecule has 1 aromatic rings. The van der Waals surface area contributed by atoms with Crippen molar-refractivity contribution in [2.24, 2.45) is 5.41 Å². The molecule has 2 amide bonds. The second kappa shape index (κ2) is 6.37. The minimum atomic E-state index is -0.341. The summed E-state index contributed by atoms with van der Waals surface area (Å²) in [6.07, 6.45) is 9.15. The highest BCUT2D eigenvalue weighted by Crippen LogP contribution is 2.46. The summed E-state index contributed by atoms with van der Waals surface area (Å²) >= 11 is 3.41. The van der Waals surface area contributed by atoms with Gasteiger partial charge in [0.05, 0.1) is 5.41 Å². The Bertz CT molecular complexity index is 600. The van der Waals surface area contributed by atoms with Gasteiger partial charge in [-0.1, -0.05) is 53.1 Å². The second-order valence-corrected chi connectivity index (χ2v) is 7.17. The zero-order valence-corrected chi connectivity index (χ0v) is 14.1. The van der Waals surface area contributed by atoms with Gasteiger partial charge in [-0.2, -0.15) is 0 Å². The number of imide groups is 1. The predicted octanol–water partition coefficient (Wildman–Crippen LogP) is 4.17. The molecule has 0 radical (unpaired) electrons. The third-order valence-corrected chi connectivity index (χ3v) is 5.28. The third-order valence-electron chi connectivity index (χ3n) is 4.75. The van der Waals surface area contributed by atoms with Crippen LogP contribution in [0.5, 0.6) is 0 Å². The highest BCUT2D eigenvalue weighted by atomic mass is 79.9. The number of halogens is 1.